The maximum Gasteiger partial charge on any atom is 0.124 e. The molecule has 0 spiro atoms. The smallest absolute Gasteiger partial charge is 0.124 e. The number of thioether (sulfide) groups is 1. The van der Waals surface area contributed by atoms with E-state index in [1.165, 1.54) is 25.0 Å². The first-order chi connectivity index (χ1) is 8.15. The highest BCUT2D eigenvalue weighted by atomic mass is 79.9. The van der Waals surface area contributed by atoms with Gasteiger partial charge in [-0.25, -0.2) is 4.39 Å². The van der Waals surface area contributed by atoms with E-state index in [2.05, 4.69) is 15.9 Å². The van der Waals surface area contributed by atoms with E-state index in [1.54, 1.807) is 0 Å². The minimum absolute atomic E-state index is 0.252. The van der Waals surface area contributed by atoms with Crippen molar-refractivity contribution in [3.8, 4) is 0 Å². The summed E-state index contributed by atoms with van der Waals surface area (Å²) in [6.45, 7) is 0. The molecule has 1 N–H and O–H groups in total. The second kappa shape index (κ2) is 6.21. The van der Waals surface area contributed by atoms with Gasteiger partial charge < -0.3 is 5.11 Å². The van der Waals surface area contributed by atoms with Crippen molar-refractivity contribution in [3.63, 3.8) is 0 Å². The Balaban J connectivity index is 1.99. The molecule has 0 saturated carbocycles. The molecule has 17 heavy (non-hydrogen) atoms. The van der Waals surface area contributed by atoms with Gasteiger partial charge in [-0.2, -0.15) is 11.8 Å². The lowest BCUT2D eigenvalue weighted by molar-refractivity contribution is 0.166. The van der Waals surface area contributed by atoms with Gasteiger partial charge in [0.15, 0.2) is 0 Å². The Hall–Kier alpha value is -0.0600. The maximum atomic E-state index is 13.2. The van der Waals surface area contributed by atoms with Gasteiger partial charge in [0.25, 0.3) is 0 Å². The summed E-state index contributed by atoms with van der Waals surface area (Å²) in [7, 11) is 0. The highest BCUT2D eigenvalue weighted by Crippen LogP contribution is 2.29. The van der Waals surface area contributed by atoms with Gasteiger partial charge in [0, 0.05) is 9.72 Å². The summed E-state index contributed by atoms with van der Waals surface area (Å²) < 4.78 is 13.9. The predicted octanol–water partition coefficient (Wildman–Crippen LogP) is 3.78. The molecule has 1 nitrogen and oxygen atoms in total. The Morgan fingerprint density at radius 2 is 2.24 bits per heavy atom. The normalized spacial score (nSPS) is 22.4. The largest absolute Gasteiger partial charge is 0.392 e. The van der Waals surface area contributed by atoms with Crippen LogP contribution in [0.2, 0.25) is 0 Å². The molecule has 2 unspecified atom stereocenters. The Labute approximate surface area is 114 Å². The first-order valence-corrected chi connectivity index (χ1v) is 7.74. The summed E-state index contributed by atoms with van der Waals surface area (Å²) in [5.41, 5.74) is 0.857. The molecular weight excluding hydrogens is 303 g/mol. The number of halogens is 2. The Morgan fingerprint density at radius 1 is 1.41 bits per heavy atom. The van der Waals surface area contributed by atoms with Crippen LogP contribution in [0.4, 0.5) is 4.39 Å². The van der Waals surface area contributed by atoms with E-state index in [9.17, 15) is 9.50 Å². The number of aliphatic hydroxyl groups excluding tert-OH is 1. The van der Waals surface area contributed by atoms with Crippen LogP contribution in [-0.2, 0) is 6.42 Å². The summed E-state index contributed by atoms with van der Waals surface area (Å²) in [6, 6.07) is 4.81. The third kappa shape index (κ3) is 3.97. The number of hydrogen-bond donors (Lipinski definition) is 1. The molecule has 1 fully saturated rings. The minimum Gasteiger partial charge on any atom is -0.392 e. The van der Waals surface area contributed by atoms with Gasteiger partial charge in [-0.3, -0.25) is 0 Å². The third-order valence-corrected chi connectivity index (χ3v) is 4.97. The zero-order chi connectivity index (χ0) is 12.3. The summed E-state index contributed by atoms with van der Waals surface area (Å²) in [5.74, 6) is 0.882. The van der Waals surface area contributed by atoms with Gasteiger partial charge in [0.1, 0.15) is 5.82 Å². The van der Waals surface area contributed by atoms with Gasteiger partial charge in [0.05, 0.1) is 6.10 Å². The Bertz CT molecular complexity index is 359. The van der Waals surface area contributed by atoms with Crippen molar-refractivity contribution < 1.29 is 9.50 Å². The van der Waals surface area contributed by atoms with Gasteiger partial charge in [0.2, 0.25) is 0 Å². The number of benzene rings is 1. The molecular formula is C13H16BrFOS. The van der Waals surface area contributed by atoms with Crippen LogP contribution in [0.25, 0.3) is 0 Å². The zero-order valence-corrected chi connectivity index (χ0v) is 11.9. The molecule has 94 valence electrons. The lowest BCUT2D eigenvalue weighted by Gasteiger charge is -2.26. The van der Waals surface area contributed by atoms with Gasteiger partial charge in [-0.1, -0.05) is 22.4 Å². The SMILES string of the molecule is OC(Cc1cc(F)cc(Br)c1)C1CCCCS1. The summed E-state index contributed by atoms with van der Waals surface area (Å²) in [4.78, 5) is 0. The molecule has 0 aromatic heterocycles. The molecule has 1 aliphatic heterocycles. The lowest BCUT2D eigenvalue weighted by atomic mass is 10.0. The molecule has 1 aromatic rings. The molecule has 0 aliphatic carbocycles. The highest BCUT2D eigenvalue weighted by Gasteiger charge is 2.22. The van der Waals surface area contributed by atoms with Crippen molar-refractivity contribution in [2.24, 2.45) is 0 Å². The standard InChI is InChI=1S/C13H16BrFOS/c14-10-5-9(6-11(15)8-10)7-12(16)13-3-1-2-4-17-13/h5-6,8,12-13,16H,1-4,7H2. The molecule has 2 atom stereocenters. The van der Waals surface area contributed by atoms with Gasteiger partial charge >= 0.3 is 0 Å². The summed E-state index contributed by atoms with van der Waals surface area (Å²) in [6.07, 6.45) is 3.69. The second-order valence-electron chi connectivity index (χ2n) is 4.45. The van der Waals surface area contributed by atoms with Crippen molar-refractivity contribution in [1.82, 2.24) is 0 Å². The van der Waals surface area contributed by atoms with Crippen LogP contribution < -0.4 is 0 Å². The number of rotatable bonds is 3. The zero-order valence-electron chi connectivity index (χ0n) is 9.53. The number of hydrogen-bond acceptors (Lipinski definition) is 2. The van der Waals surface area contributed by atoms with Crippen molar-refractivity contribution in [2.45, 2.75) is 37.0 Å². The van der Waals surface area contributed by atoms with Crippen molar-refractivity contribution >= 4 is 27.7 Å². The van der Waals surface area contributed by atoms with E-state index in [1.807, 2.05) is 17.8 Å². The van der Waals surface area contributed by atoms with Gasteiger partial charge in [-0.05, 0) is 48.8 Å². The van der Waals surface area contributed by atoms with Crippen molar-refractivity contribution in [1.29, 1.82) is 0 Å². The molecule has 1 aliphatic rings. The van der Waals surface area contributed by atoms with Crippen molar-refractivity contribution in [2.75, 3.05) is 5.75 Å². The second-order valence-corrected chi connectivity index (χ2v) is 6.72. The fourth-order valence-corrected chi connectivity index (χ4v) is 4.01. The maximum absolute atomic E-state index is 13.2. The van der Waals surface area contributed by atoms with Crippen LogP contribution >= 0.6 is 27.7 Å². The average molecular weight is 319 g/mol. The van der Waals surface area contributed by atoms with E-state index < -0.39 is 0 Å². The topological polar surface area (TPSA) is 20.2 Å². The van der Waals surface area contributed by atoms with Crippen LogP contribution in [0.5, 0.6) is 0 Å². The van der Waals surface area contributed by atoms with Crippen LogP contribution in [-0.4, -0.2) is 22.2 Å². The monoisotopic (exact) mass is 318 g/mol. The molecule has 0 radical (unpaired) electrons. The molecule has 0 amide bonds. The first kappa shape index (κ1) is 13.4. The van der Waals surface area contributed by atoms with E-state index in [4.69, 9.17) is 0 Å². The fourth-order valence-electron chi connectivity index (χ4n) is 2.17. The van der Waals surface area contributed by atoms with E-state index in [0.29, 0.717) is 11.7 Å². The fraction of sp³-hybridized carbons (Fsp3) is 0.538. The molecule has 1 aromatic carbocycles. The van der Waals surface area contributed by atoms with Crippen LogP contribution in [0.1, 0.15) is 24.8 Å². The van der Waals surface area contributed by atoms with E-state index >= 15 is 0 Å². The third-order valence-electron chi connectivity index (χ3n) is 3.01. The number of aliphatic hydroxyl groups is 1. The molecule has 0 bridgehead atoms. The average Bonchev–Trinajstić information content (AvgIpc) is 2.28. The predicted molar refractivity (Wildman–Crippen MR) is 73.9 cm³/mol. The van der Waals surface area contributed by atoms with Crippen molar-refractivity contribution in [3.05, 3.63) is 34.1 Å². The van der Waals surface area contributed by atoms with Crippen LogP contribution in [0, 0.1) is 5.82 Å². The molecule has 1 heterocycles. The van der Waals surface area contributed by atoms with Crippen LogP contribution in [0.15, 0.2) is 22.7 Å². The Morgan fingerprint density at radius 3 is 2.88 bits per heavy atom. The Kier molecular flexibility index (Phi) is 4.88. The highest BCUT2D eigenvalue weighted by molar-refractivity contribution is 9.10. The quantitative estimate of drug-likeness (QED) is 0.915. The van der Waals surface area contributed by atoms with E-state index in [-0.39, 0.29) is 11.9 Å². The minimum atomic E-state index is -0.367. The summed E-state index contributed by atoms with van der Waals surface area (Å²) >= 11 is 5.12. The molecule has 4 heteroatoms. The van der Waals surface area contributed by atoms with E-state index in [0.717, 1.165) is 22.2 Å². The van der Waals surface area contributed by atoms with Gasteiger partial charge in [-0.15, -0.1) is 0 Å². The lowest BCUT2D eigenvalue weighted by Crippen LogP contribution is -2.27. The summed E-state index contributed by atoms with van der Waals surface area (Å²) in [5, 5.41) is 10.5. The molecule has 1 saturated heterocycles. The molecule has 2 rings (SSSR count). The first-order valence-electron chi connectivity index (χ1n) is 5.90. The van der Waals surface area contributed by atoms with Crippen LogP contribution in [0.3, 0.4) is 0 Å².